The van der Waals surface area contributed by atoms with Gasteiger partial charge in [0.05, 0.1) is 7.11 Å². The predicted octanol–water partition coefficient (Wildman–Crippen LogP) is 3.64. The Bertz CT molecular complexity index is 486. The van der Waals surface area contributed by atoms with Crippen LogP contribution in [0.4, 0.5) is 0 Å². The lowest BCUT2D eigenvalue weighted by Gasteiger charge is -1.97. The van der Waals surface area contributed by atoms with Crippen molar-refractivity contribution in [2.75, 3.05) is 7.11 Å². The van der Waals surface area contributed by atoms with Gasteiger partial charge in [0.1, 0.15) is 0 Å². The summed E-state index contributed by atoms with van der Waals surface area (Å²) < 4.78 is 4.48. The van der Waals surface area contributed by atoms with Gasteiger partial charge in [-0.1, -0.05) is 42.5 Å². The minimum Gasteiger partial charge on any atom is -0.466 e. The van der Waals surface area contributed by atoms with Crippen molar-refractivity contribution >= 4 is 11.8 Å². The number of hydrogen-bond acceptors (Lipinski definition) is 3. The standard InChI is InChI=1S/C18H22O3/c1-21-18(20)15-7-3-6-13-17(19)14-9-8-12-16-10-4-2-5-11-16/h2,4-5,7,9-11,14-15H,3,6,8,12-13H2,1H3/b14-9+,15-7+. The summed E-state index contributed by atoms with van der Waals surface area (Å²) in [6, 6.07) is 10.2. The van der Waals surface area contributed by atoms with Crippen molar-refractivity contribution in [3.05, 3.63) is 60.2 Å². The number of unbranched alkanes of at least 4 members (excludes halogenated alkanes) is 1. The van der Waals surface area contributed by atoms with Gasteiger partial charge in [-0.15, -0.1) is 0 Å². The Balaban J connectivity index is 2.11. The van der Waals surface area contributed by atoms with Gasteiger partial charge in [0.25, 0.3) is 0 Å². The van der Waals surface area contributed by atoms with Crippen molar-refractivity contribution in [2.45, 2.75) is 32.1 Å². The third-order valence-electron chi connectivity index (χ3n) is 3.00. The molecule has 3 nitrogen and oxygen atoms in total. The zero-order valence-electron chi connectivity index (χ0n) is 12.5. The molecule has 0 amide bonds. The molecule has 1 rings (SSSR count). The molecule has 21 heavy (non-hydrogen) atoms. The molecule has 0 aromatic heterocycles. The molecule has 1 aromatic rings. The Morgan fingerprint density at radius 3 is 2.48 bits per heavy atom. The number of esters is 1. The molecule has 0 bridgehead atoms. The van der Waals surface area contributed by atoms with Crippen LogP contribution in [0.1, 0.15) is 31.2 Å². The molecule has 0 aliphatic carbocycles. The third-order valence-corrected chi connectivity index (χ3v) is 3.00. The van der Waals surface area contributed by atoms with Crippen LogP contribution >= 0.6 is 0 Å². The number of rotatable bonds is 9. The summed E-state index contributed by atoms with van der Waals surface area (Å²) in [5.41, 5.74) is 1.28. The first-order valence-corrected chi connectivity index (χ1v) is 7.20. The fourth-order valence-corrected chi connectivity index (χ4v) is 1.83. The molecule has 0 aliphatic heterocycles. The minimum absolute atomic E-state index is 0.134. The van der Waals surface area contributed by atoms with E-state index in [9.17, 15) is 9.59 Å². The van der Waals surface area contributed by atoms with Gasteiger partial charge in [-0.3, -0.25) is 4.79 Å². The molecule has 0 aliphatic rings. The number of ketones is 1. The molecule has 0 radical (unpaired) electrons. The van der Waals surface area contributed by atoms with Crippen molar-refractivity contribution in [3.8, 4) is 0 Å². The van der Waals surface area contributed by atoms with Crippen molar-refractivity contribution in [1.29, 1.82) is 0 Å². The van der Waals surface area contributed by atoms with E-state index in [1.54, 1.807) is 12.2 Å². The van der Waals surface area contributed by atoms with Crippen LogP contribution in [-0.4, -0.2) is 18.9 Å². The first-order chi connectivity index (χ1) is 10.2. The van der Waals surface area contributed by atoms with E-state index in [1.807, 2.05) is 24.3 Å². The number of carbonyl (C=O) groups is 2. The highest BCUT2D eigenvalue weighted by Crippen LogP contribution is 2.04. The lowest BCUT2D eigenvalue weighted by atomic mass is 10.1. The molecule has 0 atom stereocenters. The van der Waals surface area contributed by atoms with Crippen LogP contribution in [-0.2, 0) is 20.7 Å². The van der Waals surface area contributed by atoms with Gasteiger partial charge in [0, 0.05) is 12.5 Å². The van der Waals surface area contributed by atoms with Crippen molar-refractivity contribution in [1.82, 2.24) is 0 Å². The van der Waals surface area contributed by atoms with Crippen LogP contribution in [0.3, 0.4) is 0 Å². The molecule has 0 unspecified atom stereocenters. The molecule has 1 aromatic carbocycles. The first kappa shape index (κ1) is 16.9. The summed E-state index contributed by atoms with van der Waals surface area (Å²) >= 11 is 0. The van der Waals surface area contributed by atoms with Crippen LogP contribution < -0.4 is 0 Å². The Kier molecular flexibility index (Phi) is 8.53. The molecule has 0 heterocycles. The Labute approximate surface area is 126 Å². The normalized spacial score (nSPS) is 11.1. The van der Waals surface area contributed by atoms with E-state index in [2.05, 4.69) is 16.9 Å². The van der Waals surface area contributed by atoms with Gasteiger partial charge in [-0.2, -0.15) is 0 Å². The summed E-state index contributed by atoms with van der Waals surface area (Å²) in [5.74, 6) is -0.225. The van der Waals surface area contributed by atoms with Crippen LogP contribution in [0.15, 0.2) is 54.6 Å². The second kappa shape index (κ2) is 10.6. The fraction of sp³-hybridized carbons (Fsp3) is 0.333. The summed E-state index contributed by atoms with van der Waals surface area (Å²) in [6.45, 7) is 0. The number of allylic oxidation sites excluding steroid dienone is 3. The molecule has 0 spiro atoms. The van der Waals surface area contributed by atoms with E-state index >= 15 is 0 Å². The SMILES string of the molecule is COC(=O)/C=C/CCCC(=O)/C=C/CCc1ccccc1. The van der Waals surface area contributed by atoms with Gasteiger partial charge in [-0.05, 0) is 37.3 Å². The number of methoxy groups -OCH3 is 1. The summed E-state index contributed by atoms with van der Waals surface area (Å²) in [6.07, 6.45) is 10.5. The van der Waals surface area contributed by atoms with E-state index in [1.165, 1.54) is 18.7 Å². The average Bonchev–Trinajstić information content (AvgIpc) is 2.52. The number of benzene rings is 1. The number of ether oxygens (including phenoxy) is 1. The van der Waals surface area contributed by atoms with Crippen molar-refractivity contribution in [3.63, 3.8) is 0 Å². The van der Waals surface area contributed by atoms with Gasteiger partial charge < -0.3 is 4.74 Å². The molecule has 0 fully saturated rings. The highest BCUT2D eigenvalue weighted by molar-refractivity contribution is 5.89. The highest BCUT2D eigenvalue weighted by atomic mass is 16.5. The Hall–Kier alpha value is -2.16. The lowest BCUT2D eigenvalue weighted by molar-refractivity contribution is -0.134. The number of carbonyl (C=O) groups excluding carboxylic acids is 2. The van der Waals surface area contributed by atoms with E-state index in [4.69, 9.17) is 0 Å². The second-order valence-corrected chi connectivity index (χ2v) is 4.71. The molecular weight excluding hydrogens is 264 g/mol. The number of aryl methyl sites for hydroxylation is 1. The predicted molar refractivity (Wildman–Crippen MR) is 83.9 cm³/mol. The van der Waals surface area contributed by atoms with E-state index in [0.717, 1.165) is 19.3 Å². The fourth-order valence-electron chi connectivity index (χ4n) is 1.83. The molecule has 0 saturated carbocycles. The maximum absolute atomic E-state index is 11.6. The van der Waals surface area contributed by atoms with Crippen LogP contribution in [0.25, 0.3) is 0 Å². The average molecular weight is 286 g/mol. The highest BCUT2D eigenvalue weighted by Gasteiger charge is 1.96. The molecule has 112 valence electrons. The van der Waals surface area contributed by atoms with Crippen LogP contribution in [0.2, 0.25) is 0 Å². The summed E-state index contributed by atoms with van der Waals surface area (Å²) in [5, 5.41) is 0. The summed E-state index contributed by atoms with van der Waals surface area (Å²) in [4.78, 5) is 22.4. The maximum Gasteiger partial charge on any atom is 0.330 e. The molecule has 3 heteroatoms. The Morgan fingerprint density at radius 2 is 1.76 bits per heavy atom. The number of hydrogen-bond donors (Lipinski definition) is 0. The van der Waals surface area contributed by atoms with Gasteiger partial charge in [-0.25, -0.2) is 4.79 Å². The van der Waals surface area contributed by atoms with Crippen molar-refractivity contribution in [2.24, 2.45) is 0 Å². The van der Waals surface area contributed by atoms with Crippen molar-refractivity contribution < 1.29 is 14.3 Å². The smallest absolute Gasteiger partial charge is 0.330 e. The van der Waals surface area contributed by atoms with Crippen LogP contribution in [0.5, 0.6) is 0 Å². The minimum atomic E-state index is -0.359. The third kappa shape index (κ3) is 8.58. The molecular formula is C18H22O3. The van der Waals surface area contributed by atoms with E-state index in [-0.39, 0.29) is 11.8 Å². The lowest BCUT2D eigenvalue weighted by Crippen LogP contribution is -1.94. The topological polar surface area (TPSA) is 43.4 Å². The van der Waals surface area contributed by atoms with Crippen LogP contribution in [0, 0.1) is 0 Å². The zero-order valence-corrected chi connectivity index (χ0v) is 12.5. The maximum atomic E-state index is 11.6. The quantitative estimate of drug-likeness (QED) is 0.395. The second-order valence-electron chi connectivity index (χ2n) is 4.71. The van der Waals surface area contributed by atoms with E-state index < -0.39 is 0 Å². The largest absolute Gasteiger partial charge is 0.466 e. The molecule has 0 saturated heterocycles. The van der Waals surface area contributed by atoms with E-state index in [0.29, 0.717) is 12.8 Å². The van der Waals surface area contributed by atoms with Gasteiger partial charge in [0.15, 0.2) is 5.78 Å². The monoisotopic (exact) mass is 286 g/mol. The van der Waals surface area contributed by atoms with Gasteiger partial charge in [0.2, 0.25) is 0 Å². The molecule has 0 N–H and O–H groups in total. The first-order valence-electron chi connectivity index (χ1n) is 7.20. The van der Waals surface area contributed by atoms with Gasteiger partial charge >= 0.3 is 5.97 Å². The Morgan fingerprint density at radius 1 is 1.05 bits per heavy atom. The zero-order chi connectivity index (χ0) is 15.3. The summed E-state index contributed by atoms with van der Waals surface area (Å²) in [7, 11) is 1.34.